The van der Waals surface area contributed by atoms with Crippen LogP contribution in [0, 0.1) is 5.92 Å². The Morgan fingerprint density at radius 1 is 1.22 bits per heavy atom. The fourth-order valence-electron chi connectivity index (χ4n) is 1.64. The van der Waals surface area contributed by atoms with Crippen LogP contribution in [0.15, 0.2) is 0 Å². The van der Waals surface area contributed by atoms with Gasteiger partial charge in [-0.15, -0.1) is 0 Å². The van der Waals surface area contributed by atoms with Crippen molar-refractivity contribution < 1.29 is 22.6 Å². The SMILES string of the molecule is COCCN(CC(CN)C(F)(F)F)C(C)COC. The molecule has 18 heavy (non-hydrogen) atoms. The Morgan fingerprint density at radius 3 is 2.22 bits per heavy atom. The number of ether oxygens (including phenoxy) is 2. The van der Waals surface area contributed by atoms with Crippen LogP contribution in [0.25, 0.3) is 0 Å². The molecule has 0 bridgehead atoms. The number of halogens is 3. The minimum Gasteiger partial charge on any atom is -0.383 e. The number of alkyl halides is 3. The summed E-state index contributed by atoms with van der Waals surface area (Å²) in [5, 5.41) is 0. The lowest BCUT2D eigenvalue weighted by atomic mass is 10.1. The Bertz CT molecular complexity index is 215. The quantitative estimate of drug-likeness (QED) is 0.683. The van der Waals surface area contributed by atoms with Crippen molar-refractivity contribution in [2.45, 2.75) is 19.1 Å². The first-order valence-electron chi connectivity index (χ1n) is 5.85. The number of nitrogens with two attached hydrogens (primary N) is 1. The largest absolute Gasteiger partial charge is 0.394 e. The average molecular weight is 272 g/mol. The highest BCUT2D eigenvalue weighted by atomic mass is 19.4. The molecule has 0 saturated carbocycles. The van der Waals surface area contributed by atoms with Gasteiger partial charge in [0.05, 0.1) is 19.1 Å². The van der Waals surface area contributed by atoms with Crippen molar-refractivity contribution in [3.63, 3.8) is 0 Å². The van der Waals surface area contributed by atoms with E-state index in [1.54, 1.807) is 4.90 Å². The van der Waals surface area contributed by atoms with Gasteiger partial charge in [0.1, 0.15) is 0 Å². The summed E-state index contributed by atoms with van der Waals surface area (Å²) in [4.78, 5) is 1.69. The van der Waals surface area contributed by atoms with E-state index in [1.807, 2.05) is 6.92 Å². The maximum Gasteiger partial charge on any atom is 0.394 e. The topological polar surface area (TPSA) is 47.7 Å². The molecule has 0 aliphatic rings. The van der Waals surface area contributed by atoms with Crippen molar-refractivity contribution in [2.24, 2.45) is 11.7 Å². The van der Waals surface area contributed by atoms with Crippen LogP contribution in [0.2, 0.25) is 0 Å². The number of hydrogen-bond acceptors (Lipinski definition) is 4. The van der Waals surface area contributed by atoms with E-state index in [-0.39, 0.29) is 12.6 Å². The van der Waals surface area contributed by atoms with Gasteiger partial charge in [-0.05, 0) is 6.92 Å². The van der Waals surface area contributed by atoms with Crippen LogP contribution < -0.4 is 5.73 Å². The van der Waals surface area contributed by atoms with Crippen molar-refractivity contribution in [3.8, 4) is 0 Å². The van der Waals surface area contributed by atoms with Crippen LogP contribution in [-0.4, -0.2) is 64.2 Å². The third-order valence-electron chi connectivity index (χ3n) is 2.82. The van der Waals surface area contributed by atoms with E-state index in [0.29, 0.717) is 19.8 Å². The summed E-state index contributed by atoms with van der Waals surface area (Å²) in [7, 11) is 3.04. The Hall–Kier alpha value is -0.370. The Kier molecular flexibility index (Phi) is 8.51. The summed E-state index contributed by atoms with van der Waals surface area (Å²) >= 11 is 0. The first kappa shape index (κ1) is 17.6. The van der Waals surface area contributed by atoms with E-state index < -0.39 is 18.6 Å². The van der Waals surface area contributed by atoms with Crippen molar-refractivity contribution >= 4 is 0 Å². The summed E-state index contributed by atoms with van der Waals surface area (Å²) in [5.41, 5.74) is 5.20. The molecule has 0 aromatic rings. The van der Waals surface area contributed by atoms with E-state index in [0.717, 1.165) is 0 Å². The monoisotopic (exact) mass is 272 g/mol. The molecular formula is C11H23F3N2O2. The lowest BCUT2D eigenvalue weighted by molar-refractivity contribution is -0.178. The van der Waals surface area contributed by atoms with Gasteiger partial charge in [-0.2, -0.15) is 13.2 Å². The first-order valence-corrected chi connectivity index (χ1v) is 5.85. The lowest BCUT2D eigenvalue weighted by Crippen LogP contribution is -2.46. The zero-order valence-corrected chi connectivity index (χ0v) is 11.2. The van der Waals surface area contributed by atoms with Crippen LogP contribution in [-0.2, 0) is 9.47 Å². The van der Waals surface area contributed by atoms with E-state index in [2.05, 4.69) is 0 Å². The molecule has 0 aliphatic carbocycles. The van der Waals surface area contributed by atoms with Gasteiger partial charge >= 0.3 is 6.18 Å². The summed E-state index contributed by atoms with van der Waals surface area (Å²) in [6.45, 7) is 2.46. The summed E-state index contributed by atoms with van der Waals surface area (Å²) in [6.07, 6.45) is -4.27. The predicted octanol–water partition coefficient (Wildman–Crippen LogP) is 1.11. The van der Waals surface area contributed by atoms with Crippen LogP contribution in [0.5, 0.6) is 0 Å². The standard InChI is InChI=1S/C11H23F3N2O2/c1-9(8-18-3)16(4-5-17-2)7-10(6-15)11(12,13)14/h9-10H,4-8,15H2,1-3H3. The minimum absolute atomic E-state index is 0.110. The first-order chi connectivity index (χ1) is 8.36. The van der Waals surface area contributed by atoms with Gasteiger partial charge in [0.2, 0.25) is 0 Å². The highest BCUT2D eigenvalue weighted by molar-refractivity contribution is 4.76. The molecule has 0 spiro atoms. The van der Waals surface area contributed by atoms with Crippen LogP contribution in [0.1, 0.15) is 6.92 Å². The predicted molar refractivity (Wildman–Crippen MR) is 63.4 cm³/mol. The summed E-state index contributed by atoms with van der Waals surface area (Å²) in [5.74, 6) is -1.52. The Labute approximate surface area is 106 Å². The lowest BCUT2D eigenvalue weighted by Gasteiger charge is -2.32. The highest BCUT2D eigenvalue weighted by Gasteiger charge is 2.39. The number of rotatable bonds is 9. The Balaban J connectivity index is 4.54. The van der Waals surface area contributed by atoms with Gasteiger partial charge in [-0.1, -0.05) is 0 Å². The van der Waals surface area contributed by atoms with Gasteiger partial charge in [0, 0.05) is 39.9 Å². The molecule has 110 valence electrons. The molecule has 0 amide bonds. The van der Waals surface area contributed by atoms with Gasteiger partial charge in [-0.3, -0.25) is 4.90 Å². The summed E-state index contributed by atoms with van der Waals surface area (Å²) < 4.78 is 47.9. The molecule has 0 saturated heterocycles. The van der Waals surface area contributed by atoms with E-state index >= 15 is 0 Å². The van der Waals surface area contributed by atoms with Gasteiger partial charge in [-0.25, -0.2) is 0 Å². The Morgan fingerprint density at radius 2 is 1.83 bits per heavy atom. The second-order valence-corrected chi connectivity index (χ2v) is 4.27. The van der Waals surface area contributed by atoms with Crippen LogP contribution >= 0.6 is 0 Å². The molecule has 7 heteroatoms. The van der Waals surface area contributed by atoms with Gasteiger partial charge in [0.15, 0.2) is 0 Å². The maximum atomic E-state index is 12.7. The second-order valence-electron chi connectivity index (χ2n) is 4.27. The zero-order valence-electron chi connectivity index (χ0n) is 11.2. The zero-order chi connectivity index (χ0) is 14.2. The van der Waals surface area contributed by atoms with E-state index in [9.17, 15) is 13.2 Å². The number of methoxy groups -OCH3 is 2. The van der Waals surface area contributed by atoms with Gasteiger partial charge in [0.25, 0.3) is 0 Å². The molecule has 0 aliphatic heterocycles. The molecule has 0 heterocycles. The number of hydrogen-bond donors (Lipinski definition) is 1. The number of nitrogens with zero attached hydrogens (tertiary/aromatic N) is 1. The second kappa shape index (κ2) is 8.68. The third kappa shape index (κ3) is 6.53. The maximum absolute atomic E-state index is 12.7. The molecule has 0 fully saturated rings. The fourth-order valence-corrected chi connectivity index (χ4v) is 1.64. The van der Waals surface area contributed by atoms with Crippen LogP contribution in [0.3, 0.4) is 0 Å². The van der Waals surface area contributed by atoms with Crippen molar-refractivity contribution in [1.82, 2.24) is 4.90 Å². The van der Waals surface area contributed by atoms with Crippen molar-refractivity contribution in [1.29, 1.82) is 0 Å². The van der Waals surface area contributed by atoms with Crippen LogP contribution in [0.4, 0.5) is 13.2 Å². The molecule has 4 nitrogen and oxygen atoms in total. The molecule has 0 rings (SSSR count). The molecule has 0 radical (unpaired) electrons. The molecule has 2 N–H and O–H groups in total. The van der Waals surface area contributed by atoms with Crippen molar-refractivity contribution in [2.75, 3.05) is 47.1 Å². The normalized spacial score (nSPS) is 16.0. The average Bonchev–Trinajstić information content (AvgIpc) is 2.27. The minimum atomic E-state index is -4.27. The summed E-state index contributed by atoms with van der Waals surface area (Å²) in [6, 6.07) is -0.110. The highest BCUT2D eigenvalue weighted by Crippen LogP contribution is 2.26. The smallest absolute Gasteiger partial charge is 0.383 e. The van der Waals surface area contributed by atoms with Crippen molar-refractivity contribution in [3.05, 3.63) is 0 Å². The molecule has 2 atom stereocenters. The third-order valence-corrected chi connectivity index (χ3v) is 2.82. The van der Waals surface area contributed by atoms with E-state index in [4.69, 9.17) is 15.2 Å². The molecular weight excluding hydrogens is 249 g/mol. The molecule has 0 aromatic heterocycles. The van der Waals surface area contributed by atoms with E-state index in [1.165, 1.54) is 14.2 Å². The van der Waals surface area contributed by atoms with Gasteiger partial charge < -0.3 is 15.2 Å². The fraction of sp³-hybridized carbons (Fsp3) is 1.00. The molecule has 0 aromatic carbocycles. The molecule has 2 unspecified atom stereocenters.